The summed E-state index contributed by atoms with van der Waals surface area (Å²) >= 11 is 0. The molecule has 3 nitrogen and oxygen atoms in total. The summed E-state index contributed by atoms with van der Waals surface area (Å²) in [6.45, 7) is 3.05. The van der Waals surface area contributed by atoms with Crippen molar-refractivity contribution in [1.29, 1.82) is 0 Å². The van der Waals surface area contributed by atoms with Gasteiger partial charge < -0.3 is 5.32 Å². The standard InChI is InChI=1S/C18H21N3/c1-14-16-10-6-7-11-18(16)21(20-14)17(12-13-19-2)15-8-4-3-5-9-15/h3-11,17,19H,12-13H2,1-2H3/t17-/m0/s1. The van der Waals surface area contributed by atoms with Gasteiger partial charge in [0.05, 0.1) is 17.3 Å². The molecule has 1 heterocycles. The summed E-state index contributed by atoms with van der Waals surface area (Å²) in [5.74, 6) is 0. The quantitative estimate of drug-likeness (QED) is 0.774. The SMILES string of the molecule is CNCC[C@@H](c1ccccc1)n1nc(C)c2ccccc21. The fraction of sp³-hybridized carbons (Fsp3) is 0.278. The second-order valence-electron chi connectivity index (χ2n) is 5.37. The molecule has 0 unspecified atom stereocenters. The van der Waals surface area contributed by atoms with E-state index in [4.69, 9.17) is 5.10 Å². The highest BCUT2D eigenvalue weighted by atomic mass is 15.3. The van der Waals surface area contributed by atoms with E-state index in [0.29, 0.717) is 0 Å². The maximum Gasteiger partial charge on any atom is 0.0787 e. The van der Waals surface area contributed by atoms with E-state index in [1.165, 1.54) is 16.5 Å². The Morgan fingerprint density at radius 2 is 1.76 bits per heavy atom. The van der Waals surface area contributed by atoms with E-state index in [1.54, 1.807) is 0 Å². The predicted octanol–water partition coefficient (Wildman–Crippen LogP) is 3.54. The largest absolute Gasteiger partial charge is 0.320 e. The lowest BCUT2D eigenvalue weighted by Crippen LogP contribution is -2.18. The van der Waals surface area contributed by atoms with Crippen LogP contribution in [-0.4, -0.2) is 23.4 Å². The molecular formula is C18H21N3. The molecule has 0 amide bonds. The van der Waals surface area contributed by atoms with Crippen molar-refractivity contribution in [3.05, 3.63) is 65.9 Å². The molecule has 0 saturated carbocycles. The van der Waals surface area contributed by atoms with Crippen molar-refractivity contribution in [2.24, 2.45) is 0 Å². The summed E-state index contributed by atoms with van der Waals surface area (Å²) in [7, 11) is 1.99. The van der Waals surface area contributed by atoms with Crippen LogP contribution in [0.3, 0.4) is 0 Å². The maximum absolute atomic E-state index is 4.81. The van der Waals surface area contributed by atoms with Crippen LogP contribution < -0.4 is 5.32 Å². The third kappa shape index (κ3) is 2.69. The zero-order chi connectivity index (χ0) is 14.7. The van der Waals surface area contributed by atoms with Crippen molar-refractivity contribution in [2.45, 2.75) is 19.4 Å². The monoisotopic (exact) mass is 279 g/mol. The summed E-state index contributed by atoms with van der Waals surface area (Å²) in [5.41, 5.74) is 3.61. The maximum atomic E-state index is 4.81. The molecule has 21 heavy (non-hydrogen) atoms. The van der Waals surface area contributed by atoms with Gasteiger partial charge >= 0.3 is 0 Å². The van der Waals surface area contributed by atoms with Gasteiger partial charge in [-0.2, -0.15) is 5.10 Å². The van der Waals surface area contributed by atoms with E-state index in [2.05, 4.69) is 71.5 Å². The highest BCUT2D eigenvalue weighted by Crippen LogP contribution is 2.27. The third-order valence-corrected chi connectivity index (χ3v) is 3.95. The van der Waals surface area contributed by atoms with Crippen molar-refractivity contribution < 1.29 is 0 Å². The smallest absolute Gasteiger partial charge is 0.0787 e. The molecule has 0 saturated heterocycles. The van der Waals surface area contributed by atoms with E-state index in [9.17, 15) is 0 Å². The first kappa shape index (κ1) is 13.8. The van der Waals surface area contributed by atoms with E-state index < -0.39 is 0 Å². The minimum atomic E-state index is 0.261. The normalized spacial score (nSPS) is 12.7. The van der Waals surface area contributed by atoms with E-state index >= 15 is 0 Å². The zero-order valence-corrected chi connectivity index (χ0v) is 12.6. The lowest BCUT2D eigenvalue weighted by Gasteiger charge is -2.19. The van der Waals surface area contributed by atoms with Crippen LogP contribution in [0.25, 0.3) is 10.9 Å². The van der Waals surface area contributed by atoms with Gasteiger partial charge in [0.2, 0.25) is 0 Å². The fourth-order valence-electron chi connectivity index (χ4n) is 2.87. The Morgan fingerprint density at radius 3 is 2.52 bits per heavy atom. The molecule has 108 valence electrons. The summed E-state index contributed by atoms with van der Waals surface area (Å²) in [6, 6.07) is 19.4. The Kier molecular flexibility index (Phi) is 4.02. The number of nitrogens with zero attached hydrogens (tertiary/aromatic N) is 2. The first-order chi connectivity index (χ1) is 10.3. The average molecular weight is 279 g/mol. The van der Waals surface area contributed by atoms with Crippen LogP contribution >= 0.6 is 0 Å². The Bertz CT molecular complexity index is 716. The Labute approximate surface area is 125 Å². The van der Waals surface area contributed by atoms with Gasteiger partial charge in [0.15, 0.2) is 0 Å². The van der Waals surface area contributed by atoms with Crippen molar-refractivity contribution in [2.75, 3.05) is 13.6 Å². The molecular weight excluding hydrogens is 258 g/mol. The summed E-state index contributed by atoms with van der Waals surface area (Å²) in [5, 5.41) is 9.30. The molecule has 1 aromatic heterocycles. The zero-order valence-electron chi connectivity index (χ0n) is 12.6. The molecule has 3 aromatic rings. The van der Waals surface area contributed by atoms with Crippen molar-refractivity contribution in [3.8, 4) is 0 Å². The minimum absolute atomic E-state index is 0.261. The van der Waals surface area contributed by atoms with E-state index in [1.807, 2.05) is 7.05 Å². The van der Waals surface area contributed by atoms with Gasteiger partial charge in [0.25, 0.3) is 0 Å². The summed E-state index contributed by atoms with van der Waals surface area (Å²) in [4.78, 5) is 0. The second kappa shape index (κ2) is 6.10. The van der Waals surface area contributed by atoms with Crippen LogP contribution in [0, 0.1) is 6.92 Å². The molecule has 1 N–H and O–H groups in total. The third-order valence-electron chi connectivity index (χ3n) is 3.95. The van der Waals surface area contributed by atoms with Crippen LogP contribution in [0.1, 0.15) is 23.7 Å². The molecule has 0 bridgehead atoms. The van der Waals surface area contributed by atoms with Gasteiger partial charge in [-0.1, -0.05) is 48.5 Å². The van der Waals surface area contributed by atoms with Gasteiger partial charge in [-0.25, -0.2) is 0 Å². The van der Waals surface area contributed by atoms with Crippen molar-refractivity contribution in [1.82, 2.24) is 15.1 Å². The molecule has 0 spiro atoms. The molecule has 0 aliphatic rings. The number of nitrogens with one attached hydrogen (secondary N) is 1. The van der Waals surface area contributed by atoms with Crippen molar-refractivity contribution >= 4 is 10.9 Å². The molecule has 0 aliphatic carbocycles. The minimum Gasteiger partial charge on any atom is -0.320 e. The number of fused-ring (bicyclic) bond motifs is 1. The first-order valence-electron chi connectivity index (χ1n) is 7.44. The van der Waals surface area contributed by atoms with Crippen LogP contribution in [0.5, 0.6) is 0 Å². The van der Waals surface area contributed by atoms with Gasteiger partial charge in [0.1, 0.15) is 0 Å². The highest BCUT2D eigenvalue weighted by molar-refractivity contribution is 5.81. The molecule has 3 rings (SSSR count). The molecule has 1 atom stereocenters. The number of hydrogen-bond acceptors (Lipinski definition) is 2. The highest BCUT2D eigenvalue weighted by Gasteiger charge is 2.17. The first-order valence-corrected chi connectivity index (χ1v) is 7.44. The van der Waals surface area contributed by atoms with Crippen LogP contribution in [-0.2, 0) is 0 Å². The van der Waals surface area contributed by atoms with Crippen molar-refractivity contribution in [3.63, 3.8) is 0 Å². The predicted molar refractivity (Wildman–Crippen MR) is 87.6 cm³/mol. The fourth-order valence-corrected chi connectivity index (χ4v) is 2.87. The molecule has 0 aliphatic heterocycles. The average Bonchev–Trinajstić information content (AvgIpc) is 2.87. The number of aryl methyl sites for hydroxylation is 1. The topological polar surface area (TPSA) is 29.9 Å². The van der Waals surface area contributed by atoms with Gasteiger partial charge in [0, 0.05) is 5.39 Å². The number of aromatic nitrogens is 2. The number of hydrogen-bond donors (Lipinski definition) is 1. The molecule has 3 heteroatoms. The van der Waals surface area contributed by atoms with Crippen LogP contribution in [0.4, 0.5) is 0 Å². The summed E-state index contributed by atoms with van der Waals surface area (Å²) in [6.07, 6.45) is 1.02. The number of rotatable bonds is 5. The van der Waals surface area contributed by atoms with E-state index in [0.717, 1.165) is 18.7 Å². The van der Waals surface area contributed by atoms with Gasteiger partial charge in [-0.3, -0.25) is 4.68 Å². The Balaban J connectivity index is 2.10. The molecule has 0 fully saturated rings. The number of benzene rings is 2. The van der Waals surface area contributed by atoms with Crippen LogP contribution in [0.2, 0.25) is 0 Å². The molecule has 0 radical (unpaired) electrons. The number of para-hydroxylation sites is 1. The van der Waals surface area contributed by atoms with Gasteiger partial charge in [-0.15, -0.1) is 0 Å². The molecule has 2 aromatic carbocycles. The Hall–Kier alpha value is -2.13. The summed E-state index contributed by atoms with van der Waals surface area (Å²) < 4.78 is 2.18. The second-order valence-corrected chi connectivity index (χ2v) is 5.37. The lowest BCUT2D eigenvalue weighted by molar-refractivity contribution is 0.491. The van der Waals surface area contributed by atoms with Gasteiger partial charge in [-0.05, 0) is 38.6 Å². The van der Waals surface area contributed by atoms with Crippen LogP contribution in [0.15, 0.2) is 54.6 Å². The Morgan fingerprint density at radius 1 is 1.05 bits per heavy atom. The van der Waals surface area contributed by atoms with E-state index in [-0.39, 0.29) is 6.04 Å². The lowest BCUT2D eigenvalue weighted by atomic mass is 10.0.